The molecule has 0 bridgehead atoms. The number of primary amides is 1. The van der Waals surface area contributed by atoms with E-state index in [4.69, 9.17) is 10.5 Å². The van der Waals surface area contributed by atoms with Gasteiger partial charge in [-0.05, 0) is 38.0 Å². The second kappa shape index (κ2) is 10.1. The zero-order valence-corrected chi connectivity index (χ0v) is 18.5. The minimum absolute atomic E-state index is 0.0198. The monoisotopic (exact) mass is 427 g/mol. The molecule has 166 valence electrons. The van der Waals surface area contributed by atoms with E-state index in [0.29, 0.717) is 30.4 Å². The average Bonchev–Trinajstić information content (AvgIpc) is 3.09. The number of rotatable bonds is 3. The number of carbonyl (C=O) groups is 2. The van der Waals surface area contributed by atoms with Crippen LogP contribution in [-0.4, -0.2) is 50.9 Å². The smallest absolute Gasteiger partial charge is 0.288 e. The van der Waals surface area contributed by atoms with Crippen LogP contribution >= 0.6 is 0 Å². The summed E-state index contributed by atoms with van der Waals surface area (Å²) < 4.78 is 7.15. The van der Waals surface area contributed by atoms with Crippen molar-refractivity contribution >= 4 is 17.5 Å². The molecule has 2 aromatic rings. The molecular formula is C22H29N5O4. The number of benzene rings is 1. The maximum Gasteiger partial charge on any atom is 0.288 e. The van der Waals surface area contributed by atoms with Gasteiger partial charge in [0.15, 0.2) is 0 Å². The van der Waals surface area contributed by atoms with Crippen LogP contribution in [0.5, 0.6) is 5.75 Å². The molecule has 1 aliphatic rings. The van der Waals surface area contributed by atoms with Gasteiger partial charge in [-0.2, -0.15) is 0 Å². The molecule has 0 fully saturated rings. The van der Waals surface area contributed by atoms with Crippen LogP contribution in [0.3, 0.4) is 0 Å². The van der Waals surface area contributed by atoms with E-state index in [1.165, 1.54) is 6.33 Å². The molecule has 3 N–H and O–H groups in total. The van der Waals surface area contributed by atoms with Crippen molar-refractivity contribution in [2.75, 3.05) is 18.6 Å². The lowest BCUT2D eigenvalue weighted by Gasteiger charge is -2.16. The first-order valence-corrected chi connectivity index (χ1v) is 9.94. The molecule has 1 aromatic carbocycles. The molecule has 1 aliphatic heterocycles. The molecule has 0 atom stereocenters. The first-order valence-electron chi connectivity index (χ1n) is 9.94. The van der Waals surface area contributed by atoms with Crippen LogP contribution in [0, 0.1) is 17.8 Å². The van der Waals surface area contributed by atoms with Crippen molar-refractivity contribution in [2.45, 2.75) is 46.3 Å². The highest BCUT2D eigenvalue weighted by Gasteiger charge is 2.20. The summed E-state index contributed by atoms with van der Waals surface area (Å²) in [7, 11) is 1.73. The number of carbonyl (C=O) groups excluding carboxylic acids is 2. The molecular weight excluding hydrogens is 398 g/mol. The second-order valence-electron chi connectivity index (χ2n) is 8.09. The Balaban J connectivity index is 0.000000245. The number of amides is 2. The topological polar surface area (TPSA) is 124 Å². The summed E-state index contributed by atoms with van der Waals surface area (Å²) in [4.78, 5) is 27.7. The Hall–Kier alpha value is -3.38. The third kappa shape index (κ3) is 7.42. The number of anilines is 1. The molecule has 2 amide bonds. The Bertz CT molecular complexity index is 995. The number of aromatic nitrogens is 3. The van der Waals surface area contributed by atoms with Gasteiger partial charge in [-0.1, -0.05) is 25.7 Å². The Morgan fingerprint density at radius 2 is 2.10 bits per heavy atom. The summed E-state index contributed by atoms with van der Waals surface area (Å²) in [6, 6.07) is 5.43. The summed E-state index contributed by atoms with van der Waals surface area (Å²) in [5.41, 5.74) is 5.40. The van der Waals surface area contributed by atoms with Gasteiger partial charge >= 0.3 is 0 Å². The fourth-order valence-electron chi connectivity index (χ4n) is 2.62. The number of fused-ring (bicyclic) bond motifs is 1. The lowest BCUT2D eigenvalue weighted by atomic mass is 10.1. The van der Waals surface area contributed by atoms with Crippen LogP contribution in [-0.2, 0) is 11.3 Å². The lowest BCUT2D eigenvalue weighted by Crippen LogP contribution is -2.25. The van der Waals surface area contributed by atoms with Crippen LogP contribution in [0.2, 0.25) is 0 Å². The third-order valence-corrected chi connectivity index (χ3v) is 4.09. The fourth-order valence-corrected chi connectivity index (χ4v) is 2.62. The molecule has 9 heteroatoms. The highest BCUT2D eigenvalue weighted by molar-refractivity contribution is 5.95. The summed E-state index contributed by atoms with van der Waals surface area (Å²) in [6.07, 6.45) is 1.88. The van der Waals surface area contributed by atoms with Gasteiger partial charge in [-0.15, -0.1) is 5.10 Å². The maximum atomic E-state index is 11.8. The molecule has 1 aromatic heterocycles. The van der Waals surface area contributed by atoms with Crippen LogP contribution in [0.15, 0.2) is 24.5 Å². The zero-order chi connectivity index (χ0) is 23.2. The van der Waals surface area contributed by atoms with E-state index >= 15 is 0 Å². The third-order valence-electron chi connectivity index (χ3n) is 4.09. The van der Waals surface area contributed by atoms with Gasteiger partial charge in [0, 0.05) is 19.2 Å². The average molecular weight is 428 g/mol. The summed E-state index contributed by atoms with van der Waals surface area (Å²) in [6.45, 7) is 8.52. The number of nitrogens with two attached hydrogens (primary N) is 1. The number of hydrogen-bond acceptors (Lipinski definition) is 6. The quantitative estimate of drug-likeness (QED) is 0.717. The molecule has 0 radical (unpaired) electrons. The Morgan fingerprint density at radius 1 is 1.39 bits per heavy atom. The normalized spacial score (nSPS) is 13.3. The summed E-state index contributed by atoms with van der Waals surface area (Å²) >= 11 is 0. The summed E-state index contributed by atoms with van der Waals surface area (Å²) in [5, 5.41) is 13.5. The Kier molecular flexibility index (Phi) is 7.78. The van der Waals surface area contributed by atoms with Gasteiger partial charge in [0.2, 0.25) is 11.7 Å². The number of hydrogen-bond donors (Lipinski definition) is 2. The van der Waals surface area contributed by atoms with Crippen molar-refractivity contribution in [3.63, 3.8) is 0 Å². The standard InChI is InChI=1S/C15H17NO3.C7H12N4O/c1-15(2,18)8-6-11-4-5-13-12(10-11)16(3)14(17)7-9-19-13;1-5(2)3-11-4-9-7(10-11)6(8)12/h4-5,10,18H,7,9H2,1-3H3;4-5H,3H2,1-2H3,(H2,8,12). The highest BCUT2D eigenvalue weighted by atomic mass is 16.5. The van der Waals surface area contributed by atoms with Gasteiger partial charge in [-0.3, -0.25) is 14.3 Å². The van der Waals surface area contributed by atoms with Gasteiger partial charge < -0.3 is 20.5 Å². The maximum absolute atomic E-state index is 11.8. The summed E-state index contributed by atoms with van der Waals surface area (Å²) in [5.74, 6) is 6.32. The minimum Gasteiger partial charge on any atom is -0.491 e. The van der Waals surface area contributed by atoms with E-state index < -0.39 is 11.5 Å². The molecule has 0 saturated carbocycles. The lowest BCUT2D eigenvalue weighted by molar-refractivity contribution is -0.118. The minimum atomic E-state index is -1.04. The number of nitrogens with zero attached hydrogens (tertiary/aromatic N) is 4. The first-order chi connectivity index (χ1) is 14.5. The van der Waals surface area contributed by atoms with Gasteiger partial charge in [0.1, 0.15) is 17.7 Å². The van der Waals surface area contributed by atoms with E-state index in [2.05, 4.69) is 35.8 Å². The van der Waals surface area contributed by atoms with Gasteiger partial charge in [0.05, 0.1) is 18.7 Å². The van der Waals surface area contributed by atoms with Crippen molar-refractivity contribution in [2.24, 2.45) is 11.7 Å². The second-order valence-corrected chi connectivity index (χ2v) is 8.09. The number of aliphatic hydroxyl groups is 1. The van der Waals surface area contributed by atoms with Crippen LogP contribution in [0.1, 0.15) is 50.3 Å². The molecule has 0 saturated heterocycles. The van der Waals surface area contributed by atoms with Crippen molar-refractivity contribution < 1.29 is 19.4 Å². The molecule has 3 rings (SSSR count). The van der Waals surface area contributed by atoms with Gasteiger partial charge in [-0.25, -0.2) is 4.98 Å². The largest absolute Gasteiger partial charge is 0.491 e. The fraction of sp³-hybridized carbons (Fsp3) is 0.455. The van der Waals surface area contributed by atoms with Crippen molar-refractivity contribution in [3.8, 4) is 17.6 Å². The van der Waals surface area contributed by atoms with Crippen molar-refractivity contribution in [3.05, 3.63) is 35.9 Å². The van der Waals surface area contributed by atoms with Crippen molar-refractivity contribution in [1.29, 1.82) is 0 Å². The molecule has 2 heterocycles. The SMILES string of the molecule is CC(C)Cn1cnc(C(N)=O)n1.CN1C(=O)CCOc2ccc(C#CC(C)(C)O)cc21. The van der Waals surface area contributed by atoms with Crippen LogP contribution in [0.25, 0.3) is 0 Å². The van der Waals surface area contributed by atoms with E-state index in [-0.39, 0.29) is 11.7 Å². The molecule has 0 spiro atoms. The molecule has 31 heavy (non-hydrogen) atoms. The molecule has 0 aliphatic carbocycles. The van der Waals surface area contributed by atoms with Gasteiger partial charge in [0.25, 0.3) is 5.91 Å². The molecule has 0 unspecified atom stereocenters. The van der Waals surface area contributed by atoms with E-state index in [1.807, 2.05) is 6.07 Å². The van der Waals surface area contributed by atoms with Crippen molar-refractivity contribution in [1.82, 2.24) is 14.8 Å². The van der Waals surface area contributed by atoms with E-state index in [9.17, 15) is 14.7 Å². The molecule has 9 nitrogen and oxygen atoms in total. The Labute approximate surface area is 182 Å². The Morgan fingerprint density at radius 3 is 2.68 bits per heavy atom. The van der Waals surface area contributed by atoms with E-state index in [1.54, 1.807) is 42.6 Å². The van der Waals surface area contributed by atoms with Crippen LogP contribution in [0.4, 0.5) is 5.69 Å². The van der Waals surface area contributed by atoms with E-state index in [0.717, 1.165) is 12.1 Å². The predicted molar refractivity (Wildman–Crippen MR) is 117 cm³/mol. The highest BCUT2D eigenvalue weighted by Crippen LogP contribution is 2.31. The number of ether oxygens (including phenoxy) is 1. The predicted octanol–water partition coefficient (Wildman–Crippen LogP) is 1.59. The zero-order valence-electron chi connectivity index (χ0n) is 18.5. The van der Waals surface area contributed by atoms with Crippen LogP contribution < -0.4 is 15.4 Å². The first kappa shape index (κ1) is 23.9.